The smallest absolute Gasteiger partial charge is 0.260 e. The highest BCUT2D eigenvalue weighted by atomic mass is 16.5. The summed E-state index contributed by atoms with van der Waals surface area (Å²) >= 11 is 0. The molecule has 112 valence electrons. The molecule has 4 nitrogen and oxygen atoms in total. The van der Waals surface area contributed by atoms with Gasteiger partial charge in [-0.15, -0.1) is 0 Å². The Balaban J connectivity index is 2.23. The van der Waals surface area contributed by atoms with Crippen LogP contribution in [-0.2, 0) is 9.53 Å². The Kier molecular flexibility index (Phi) is 7.09. The van der Waals surface area contributed by atoms with E-state index in [1.807, 2.05) is 45.0 Å². The molecule has 0 aliphatic rings. The average molecular weight is 279 g/mol. The number of ether oxygens (including phenoxy) is 2. The predicted octanol–water partition coefficient (Wildman–Crippen LogP) is 2.69. The second kappa shape index (κ2) is 8.59. The number of benzene rings is 1. The van der Waals surface area contributed by atoms with Gasteiger partial charge in [0, 0.05) is 13.2 Å². The lowest BCUT2D eigenvalue weighted by atomic mass is 10.2. The van der Waals surface area contributed by atoms with Crippen molar-refractivity contribution in [3.8, 4) is 5.75 Å². The Hall–Kier alpha value is -1.55. The predicted molar refractivity (Wildman–Crippen MR) is 80.0 cm³/mol. The fraction of sp³-hybridized carbons (Fsp3) is 0.562. The van der Waals surface area contributed by atoms with Gasteiger partial charge in [0.25, 0.3) is 5.91 Å². The van der Waals surface area contributed by atoms with Crippen molar-refractivity contribution in [1.29, 1.82) is 0 Å². The van der Waals surface area contributed by atoms with Crippen LogP contribution < -0.4 is 10.1 Å². The van der Waals surface area contributed by atoms with E-state index in [4.69, 9.17) is 9.47 Å². The Labute approximate surface area is 121 Å². The molecule has 0 spiro atoms. The lowest BCUT2D eigenvalue weighted by Crippen LogP contribution is -2.37. The van der Waals surface area contributed by atoms with Gasteiger partial charge in [-0.3, -0.25) is 4.79 Å². The van der Waals surface area contributed by atoms with E-state index >= 15 is 0 Å². The van der Waals surface area contributed by atoms with Crippen LogP contribution in [-0.4, -0.2) is 31.3 Å². The highest BCUT2D eigenvalue weighted by Crippen LogP contribution is 2.13. The Bertz CT molecular complexity index is 401. The second-order valence-electron chi connectivity index (χ2n) is 5.14. The summed E-state index contributed by atoms with van der Waals surface area (Å²) in [6.45, 7) is 9.02. The maximum Gasteiger partial charge on any atom is 0.260 e. The first-order chi connectivity index (χ1) is 9.49. The van der Waals surface area contributed by atoms with Gasteiger partial charge in [0.1, 0.15) is 5.75 Å². The third-order valence-electron chi connectivity index (χ3n) is 2.77. The molecule has 0 unspecified atom stereocenters. The molecule has 4 heteroatoms. The molecule has 1 aromatic rings. The summed E-state index contributed by atoms with van der Waals surface area (Å²) in [5.74, 6) is 0.608. The van der Waals surface area contributed by atoms with Gasteiger partial charge < -0.3 is 14.8 Å². The topological polar surface area (TPSA) is 47.6 Å². The minimum absolute atomic E-state index is 0.102. The number of hydrogen-bond acceptors (Lipinski definition) is 3. The molecule has 1 N–H and O–H groups in total. The molecular formula is C16H25NO3. The van der Waals surface area contributed by atoms with Crippen molar-refractivity contribution in [2.45, 2.75) is 46.3 Å². The Morgan fingerprint density at radius 1 is 1.20 bits per heavy atom. The van der Waals surface area contributed by atoms with Gasteiger partial charge in [-0.2, -0.15) is 0 Å². The largest absolute Gasteiger partial charge is 0.481 e. The van der Waals surface area contributed by atoms with Crippen LogP contribution >= 0.6 is 0 Å². The fourth-order valence-electron chi connectivity index (χ4n) is 1.62. The van der Waals surface area contributed by atoms with Crippen LogP contribution in [0.1, 0.15) is 32.8 Å². The van der Waals surface area contributed by atoms with E-state index in [9.17, 15) is 4.79 Å². The molecule has 0 heterocycles. The molecule has 20 heavy (non-hydrogen) atoms. The second-order valence-corrected chi connectivity index (χ2v) is 5.14. The lowest BCUT2D eigenvalue weighted by molar-refractivity contribution is -0.127. The van der Waals surface area contributed by atoms with Gasteiger partial charge in [-0.05, 0) is 46.2 Å². The molecule has 0 saturated carbocycles. The van der Waals surface area contributed by atoms with Gasteiger partial charge in [-0.1, -0.05) is 17.7 Å². The summed E-state index contributed by atoms with van der Waals surface area (Å²) < 4.78 is 11.0. The van der Waals surface area contributed by atoms with E-state index in [0.29, 0.717) is 18.9 Å². The van der Waals surface area contributed by atoms with Gasteiger partial charge in [0.05, 0.1) is 6.10 Å². The summed E-state index contributed by atoms with van der Waals surface area (Å²) in [6.07, 6.45) is 0.541. The Morgan fingerprint density at radius 3 is 2.45 bits per heavy atom. The number of aryl methyl sites for hydroxylation is 1. The number of nitrogens with one attached hydrogen (secondary N) is 1. The summed E-state index contributed by atoms with van der Waals surface area (Å²) in [4.78, 5) is 11.8. The van der Waals surface area contributed by atoms with E-state index in [1.54, 1.807) is 6.92 Å². The average Bonchev–Trinajstić information content (AvgIpc) is 2.40. The first-order valence-corrected chi connectivity index (χ1v) is 7.11. The number of amides is 1. The van der Waals surface area contributed by atoms with Gasteiger partial charge in [0.15, 0.2) is 6.10 Å². The number of hydrogen-bond donors (Lipinski definition) is 1. The van der Waals surface area contributed by atoms with Crippen LogP contribution in [0.15, 0.2) is 24.3 Å². The van der Waals surface area contributed by atoms with Crippen molar-refractivity contribution in [1.82, 2.24) is 5.32 Å². The minimum Gasteiger partial charge on any atom is -0.481 e. The third kappa shape index (κ3) is 6.57. The number of carbonyl (C=O) groups excluding carboxylic acids is 1. The van der Waals surface area contributed by atoms with E-state index in [1.165, 1.54) is 5.56 Å². The molecule has 0 fully saturated rings. The Morgan fingerprint density at radius 2 is 1.85 bits per heavy atom. The van der Waals surface area contributed by atoms with Crippen molar-refractivity contribution in [2.24, 2.45) is 0 Å². The first kappa shape index (κ1) is 16.5. The summed E-state index contributed by atoms with van der Waals surface area (Å²) in [5.41, 5.74) is 1.17. The van der Waals surface area contributed by atoms with Crippen molar-refractivity contribution < 1.29 is 14.3 Å². The molecule has 0 radical (unpaired) electrons. The molecule has 0 aromatic heterocycles. The molecule has 0 aliphatic heterocycles. The highest BCUT2D eigenvalue weighted by Gasteiger charge is 2.13. The minimum atomic E-state index is -0.497. The number of carbonyl (C=O) groups is 1. The molecule has 0 aliphatic carbocycles. The van der Waals surface area contributed by atoms with Crippen LogP contribution in [0.3, 0.4) is 0 Å². The van der Waals surface area contributed by atoms with E-state index in [2.05, 4.69) is 5.32 Å². The molecule has 0 saturated heterocycles. The van der Waals surface area contributed by atoms with Crippen molar-refractivity contribution >= 4 is 5.91 Å². The highest BCUT2D eigenvalue weighted by molar-refractivity contribution is 5.80. The first-order valence-electron chi connectivity index (χ1n) is 7.11. The SMILES string of the molecule is Cc1ccc(O[C@@H](C)C(=O)NCCCOC(C)C)cc1. The number of rotatable bonds is 8. The quantitative estimate of drug-likeness (QED) is 0.744. The van der Waals surface area contributed by atoms with Crippen LogP contribution in [0.2, 0.25) is 0 Å². The molecule has 1 atom stereocenters. The van der Waals surface area contributed by atoms with Crippen LogP contribution in [0, 0.1) is 6.92 Å². The standard InChI is InChI=1S/C16H25NO3/c1-12(2)19-11-5-10-17-16(18)14(4)20-15-8-6-13(3)7-9-15/h6-9,12,14H,5,10-11H2,1-4H3,(H,17,18)/t14-/m0/s1. The van der Waals surface area contributed by atoms with Gasteiger partial charge in [0.2, 0.25) is 0 Å². The molecule has 1 aromatic carbocycles. The monoisotopic (exact) mass is 279 g/mol. The van der Waals surface area contributed by atoms with Crippen LogP contribution in [0.5, 0.6) is 5.75 Å². The normalized spacial score (nSPS) is 12.2. The van der Waals surface area contributed by atoms with Gasteiger partial charge >= 0.3 is 0 Å². The molecule has 1 amide bonds. The van der Waals surface area contributed by atoms with Crippen LogP contribution in [0.4, 0.5) is 0 Å². The molecular weight excluding hydrogens is 254 g/mol. The zero-order chi connectivity index (χ0) is 15.0. The maximum atomic E-state index is 11.8. The summed E-state index contributed by atoms with van der Waals surface area (Å²) in [7, 11) is 0. The molecule has 0 bridgehead atoms. The zero-order valence-electron chi connectivity index (χ0n) is 12.8. The van der Waals surface area contributed by atoms with E-state index < -0.39 is 6.10 Å². The van der Waals surface area contributed by atoms with Crippen LogP contribution in [0.25, 0.3) is 0 Å². The third-order valence-corrected chi connectivity index (χ3v) is 2.77. The zero-order valence-corrected chi connectivity index (χ0v) is 12.8. The fourth-order valence-corrected chi connectivity index (χ4v) is 1.62. The summed E-state index contributed by atoms with van der Waals surface area (Å²) in [5, 5.41) is 2.84. The van der Waals surface area contributed by atoms with Gasteiger partial charge in [-0.25, -0.2) is 0 Å². The van der Waals surface area contributed by atoms with E-state index in [0.717, 1.165) is 6.42 Å². The van der Waals surface area contributed by atoms with Crippen molar-refractivity contribution in [2.75, 3.05) is 13.2 Å². The summed E-state index contributed by atoms with van der Waals surface area (Å²) in [6, 6.07) is 7.66. The van der Waals surface area contributed by atoms with E-state index in [-0.39, 0.29) is 12.0 Å². The van der Waals surface area contributed by atoms with Crippen molar-refractivity contribution in [3.63, 3.8) is 0 Å². The van der Waals surface area contributed by atoms with Crippen molar-refractivity contribution in [3.05, 3.63) is 29.8 Å². The maximum absolute atomic E-state index is 11.8. The molecule has 1 rings (SSSR count). The lowest BCUT2D eigenvalue weighted by Gasteiger charge is -2.15.